The van der Waals surface area contributed by atoms with Crippen LogP contribution in [0.25, 0.3) is 5.69 Å². The maximum Gasteiger partial charge on any atom is 0.265 e. The average Bonchev–Trinajstić information content (AvgIpc) is 3.25. The van der Waals surface area contributed by atoms with Crippen molar-refractivity contribution in [2.24, 2.45) is 0 Å². The number of thiophene rings is 1. The van der Waals surface area contributed by atoms with E-state index in [1.54, 1.807) is 11.3 Å². The monoisotopic (exact) mass is 391 g/mol. The van der Waals surface area contributed by atoms with Gasteiger partial charge in [0.1, 0.15) is 17.5 Å². The molecule has 142 valence electrons. The van der Waals surface area contributed by atoms with Crippen molar-refractivity contribution in [2.75, 3.05) is 11.1 Å². The van der Waals surface area contributed by atoms with Crippen LogP contribution in [0.2, 0.25) is 0 Å². The van der Waals surface area contributed by atoms with Gasteiger partial charge in [0.15, 0.2) is 0 Å². The fourth-order valence-electron chi connectivity index (χ4n) is 3.48. The van der Waals surface area contributed by atoms with Gasteiger partial charge in [-0.2, -0.15) is 10.4 Å². The molecule has 0 unspecified atom stereocenters. The Labute approximate surface area is 167 Å². The van der Waals surface area contributed by atoms with Crippen molar-refractivity contribution in [1.29, 1.82) is 5.26 Å². The van der Waals surface area contributed by atoms with E-state index in [0.29, 0.717) is 17.1 Å². The van der Waals surface area contributed by atoms with Crippen LogP contribution in [0, 0.1) is 11.3 Å². The van der Waals surface area contributed by atoms with E-state index in [1.807, 2.05) is 30.3 Å². The molecular weight excluding hydrogens is 370 g/mol. The summed E-state index contributed by atoms with van der Waals surface area (Å²) in [5, 5.41) is 16.1. The number of nitrogens with two attached hydrogens (primary N) is 1. The predicted octanol–water partition coefficient (Wildman–Crippen LogP) is 4.30. The van der Waals surface area contributed by atoms with E-state index in [2.05, 4.69) is 16.5 Å². The summed E-state index contributed by atoms with van der Waals surface area (Å²) in [5.74, 6) is 0.227. The number of carbonyl (C=O) groups is 1. The molecule has 2 aromatic heterocycles. The third kappa shape index (κ3) is 3.64. The molecule has 0 spiro atoms. The van der Waals surface area contributed by atoms with E-state index < -0.39 is 0 Å². The van der Waals surface area contributed by atoms with E-state index in [1.165, 1.54) is 47.0 Å². The normalized spacial score (nSPS) is 13.8. The van der Waals surface area contributed by atoms with Crippen molar-refractivity contribution in [3.05, 3.63) is 57.4 Å². The molecule has 0 saturated carbocycles. The van der Waals surface area contributed by atoms with Crippen LogP contribution in [-0.4, -0.2) is 15.7 Å². The van der Waals surface area contributed by atoms with Gasteiger partial charge in [0.05, 0.1) is 16.8 Å². The van der Waals surface area contributed by atoms with Crippen LogP contribution in [0.1, 0.15) is 51.4 Å². The Hall–Kier alpha value is -3.11. The lowest BCUT2D eigenvalue weighted by Gasteiger charge is -2.07. The van der Waals surface area contributed by atoms with E-state index in [9.17, 15) is 4.79 Å². The van der Waals surface area contributed by atoms with Crippen LogP contribution in [0.3, 0.4) is 0 Å². The fourth-order valence-corrected chi connectivity index (χ4v) is 4.63. The van der Waals surface area contributed by atoms with Gasteiger partial charge >= 0.3 is 0 Å². The molecule has 0 aliphatic heterocycles. The number of aromatic nitrogens is 2. The second kappa shape index (κ2) is 7.87. The number of rotatable bonds is 3. The van der Waals surface area contributed by atoms with Gasteiger partial charge in [-0.15, -0.1) is 11.3 Å². The van der Waals surface area contributed by atoms with Crippen LogP contribution in [0.5, 0.6) is 0 Å². The highest BCUT2D eigenvalue weighted by atomic mass is 32.1. The molecule has 4 rings (SSSR count). The third-order valence-corrected chi connectivity index (χ3v) is 6.25. The van der Waals surface area contributed by atoms with Gasteiger partial charge in [0.25, 0.3) is 5.91 Å². The minimum atomic E-state index is -0.0742. The van der Waals surface area contributed by atoms with E-state index in [0.717, 1.165) is 23.4 Å². The molecule has 0 fully saturated rings. The number of nitrogens with one attached hydrogen (secondary N) is 1. The van der Waals surface area contributed by atoms with Crippen LogP contribution >= 0.6 is 11.3 Å². The Morgan fingerprint density at radius 1 is 1.18 bits per heavy atom. The van der Waals surface area contributed by atoms with Gasteiger partial charge < -0.3 is 11.1 Å². The first-order valence-electron chi connectivity index (χ1n) is 9.42. The summed E-state index contributed by atoms with van der Waals surface area (Å²) in [6.07, 6.45) is 8.56. The summed E-state index contributed by atoms with van der Waals surface area (Å²) in [5.41, 5.74) is 9.04. The maximum absolute atomic E-state index is 12.7. The molecule has 1 aromatic carbocycles. The van der Waals surface area contributed by atoms with E-state index in [4.69, 9.17) is 11.0 Å². The summed E-state index contributed by atoms with van der Waals surface area (Å²) in [6, 6.07) is 11.3. The molecule has 0 radical (unpaired) electrons. The summed E-state index contributed by atoms with van der Waals surface area (Å²) < 4.78 is 1.50. The van der Waals surface area contributed by atoms with E-state index >= 15 is 0 Å². The van der Waals surface area contributed by atoms with E-state index in [-0.39, 0.29) is 5.91 Å². The van der Waals surface area contributed by atoms with Crippen LogP contribution in [0.4, 0.5) is 11.5 Å². The van der Waals surface area contributed by atoms with Crippen molar-refractivity contribution in [1.82, 2.24) is 9.78 Å². The van der Waals surface area contributed by atoms with Crippen LogP contribution < -0.4 is 11.1 Å². The Kier molecular flexibility index (Phi) is 5.13. The minimum Gasteiger partial charge on any atom is -0.382 e. The summed E-state index contributed by atoms with van der Waals surface area (Å²) in [4.78, 5) is 14.8. The standard InChI is InChI=1S/C21H21N5OS/c22-12-15-13-24-26(20(15)23)17-9-7-16(8-10-17)25-21(27)19-11-14-5-3-1-2-4-6-18(14)28-19/h7-11,13H,1-6,23H2,(H,25,27). The zero-order valence-corrected chi connectivity index (χ0v) is 16.3. The number of amides is 1. The highest BCUT2D eigenvalue weighted by Crippen LogP contribution is 2.29. The summed E-state index contributed by atoms with van der Waals surface area (Å²) in [6.45, 7) is 0. The van der Waals surface area contributed by atoms with Crippen LogP contribution in [0.15, 0.2) is 36.5 Å². The third-order valence-electron chi connectivity index (χ3n) is 5.02. The maximum atomic E-state index is 12.7. The predicted molar refractivity (Wildman–Crippen MR) is 111 cm³/mol. The number of anilines is 2. The van der Waals surface area contributed by atoms with Gasteiger partial charge in [-0.1, -0.05) is 12.8 Å². The highest BCUT2D eigenvalue weighted by Gasteiger charge is 2.16. The average molecular weight is 392 g/mol. The molecule has 0 saturated heterocycles. The van der Waals surface area contributed by atoms with Crippen molar-refractivity contribution in [2.45, 2.75) is 38.5 Å². The number of aryl methyl sites for hydroxylation is 2. The Bertz CT molecular complexity index is 1020. The summed E-state index contributed by atoms with van der Waals surface area (Å²) in [7, 11) is 0. The molecule has 1 aliphatic carbocycles. The van der Waals surface area contributed by atoms with Crippen molar-refractivity contribution < 1.29 is 4.79 Å². The first-order chi connectivity index (χ1) is 13.7. The van der Waals surface area contributed by atoms with Gasteiger partial charge in [-0.3, -0.25) is 4.79 Å². The SMILES string of the molecule is N#Cc1cnn(-c2ccc(NC(=O)c3cc4c(s3)CCCCCC4)cc2)c1N. The van der Waals surface area contributed by atoms with Gasteiger partial charge in [0.2, 0.25) is 0 Å². The molecule has 6 nitrogen and oxygen atoms in total. The first-order valence-corrected chi connectivity index (χ1v) is 10.2. The number of hydrogen-bond acceptors (Lipinski definition) is 5. The molecule has 3 aromatic rings. The Morgan fingerprint density at radius 2 is 1.93 bits per heavy atom. The number of nitriles is 1. The topological polar surface area (TPSA) is 96.7 Å². The smallest absolute Gasteiger partial charge is 0.265 e. The lowest BCUT2D eigenvalue weighted by Crippen LogP contribution is -2.10. The lowest BCUT2D eigenvalue weighted by molar-refractivity contribution is 0.103. The molecule has 1 amide bonds. The van der Waals surface area contributed by atoms with Crippen LogP contribution in [-0.2, 0) is 12.8 Å². The molecule has 28 heavy (non-hydrogen) atoms. The highest BCUT2D eigenvalue weighted by molar-refractivity contribution is 7.14. The van der Waals surface area contributed by atoms with Gasteiger partial charge in [-0.05, 0) is 61.6 Å². The van der Waals surface area contributed by atoms with Crippen molar-refractivity contribution in [3.8, 4) is 11.8 Å². The quantitative estimate of drug-likeness (QED) is 0.696. The first kappa shape index (κ1) is 18.3. The second-order valence-electron chi connectivity index (χ2n) is 6.94. The fraction of sp³-hybridized carbons (Fsp3) is 0.286. The number of benzene rings is 1. The number of nitrogens with zero attached hydrogens (tertiary/aromatic N) is 3. The number of nitrogen functional groups attached to an aromatic ring is 1. The molecule has 2 heterocycles. The largest absolute Gasteiger partial charge is 0.382 e. The number of hydrogen-bond donors (Lipinski definition) is 2. The van der Waals surface area contributed by atoms with Gasteiger partial charge in [0, 0.05) is 10.6 Å². The van der Waals surface area contributed by atoms with Gasteiger partial charge in [-0.25, -0.2) is 4.68 Å². The minimum absolute atomic E-state index is 0.0742. The zero-order chi connectivity index (χ0) is 19.5. The lowest BCUT2D eigenvalue weighted by atomic mass is 10.00. The molecule has 7 heteroatoms. The Balaban J connectivity index is 1.48. The Morgan fingerprint density at radius 3 is 2.64 bits per heavy atom. The molecule has 0 bridgehead atoms. The number of fused-ring (bicyclic) bond motifs is 1. The molecular formula is C21H21N5OS. The molecule has 1 aliphatic rings. The summed E-state index contributed by atoms with van der Waals surface area (Å²) >= 11 is 1.62. The number of carbonyl (C=O) groups excluding carboxylic acids is 1. The molecule has 0 atom stereocenters. The zero-order valence-electron chi connectivity index (χ0n) is 15.4. The second-order valence-corrected chi connectivity index (χ2v) is 8.08. The molecule has 3 N–H and O–H groups in total. The van der Waals surface area contributed by atoms with Crippen molar-refractivity contribution in [3.63, 3.8) is 0 Å². The van der Waals surface area contributed by atoms with Crippen molar-refractivity contribution >= 4 is 28.7 Å².